The van der Waals surface area contributed by atoms with Gasteiger partial charge in [0.15, 0.2) is 28.4 Å². The Morgan fingerprint density at radius 3 is 2.55 bits per heavy atom. The van der Waals surface area contributed by atoms with Gasteiger partial charge in [-0.25, -0.2) is 9.97 Å². The predicted molar refractivity (Wildman–Crippen MR) is 125 cm³/mol. The van der Waals surface area contributed by atoms with Gasteiger partial charge in [-0.15, -0.1) is 0 Å². The smallest absolute Gasteiger partial charge is 0.280 e. The highest BCUT2D eigenvalue weighted by Crippen LogP contribution is 2.23. The molecule has 0 radical (unpaired) electrons. The number of hydrogen-bond donors (Lipinski definition) is 6. The van der Waals surface area contributed by atoms with Gasteiger partial charge in [-0.2, -0.15) is 0 Å². The van der Waals surface area contributed by atoms with Crippen LogP contribution in [0.2, 0.25) is 5.15 Å². The van der Waals surface area contributed by atoms with Gasteiger partial charge in [0.1, 0.15) is 0 Å². The molecular weight excluding hydrogens is 418 g/mol. The molecule has 9 N–H and O–H groups in total. The number of halogens is 1. The van der Waals surface area contributed by atoms with E-state index >= 15 is 0 Å². The van der Waals surface area contributed by atoms with Crippen LogP contribution in [0.25, 0.3) is 0 Å². The standard InChI is InChI=1S/C20H36ClN9O/c21-16-18(24)28-17(23)15(27-16)19(31)29-20(25)26-10-4-5-11-30-12-7-14(8-13-30)6-2-1-3-9-22/h14H,1-13,22H2,(H4,23,24,28)(H3,25,26,29,31). The lowest BCUT2D eigenvalue weighted by Crippen LogP contribution is -2.41. The summed E-state index contributed by atoms with van der Waals surface area (Å²) in [6, 6.07) is 0. The zero-order valence-electron chi connectivity index (χ0n) is 18.1. The molecule has 11 heteroatoms. The summed E-state index contributed by atoms with van der Waals surface area (Å²) in [5, 5.41) is 13.0. The Hall–Kier alpha value is -2.17. The molecule has 1 aliphatic heterocycles. The largest absolute Gasteiger partial charge is 0.382 e. The first kappa shape index (κ1) is 25.1. The lowest BCUT2D eigenvalue weighted by Gasteiger charge is -2.32. The van der Waals surface area contributed by atoms with Gasteiger partial charge in [0.2, 0.25) is 0 Å². The van der Waals surface area contributed by atoms with Crippen molar-refractivity contribution in [2.24, 2.45) is 11.7 Å². The number of anilines is 2. The van der Waals surface area contributed by atoms with Crippen LogP contribution in [0.5, 0.6) is 0 Å². The molecule has 1 amide bonds. The van der Waals surface area contributed by atoms with E-state index in [0.29, 0.717) is 6.54 Å². The number of rotatable bonds is 11. The number of likely N-dealkylation sites (tertiary alicyclic amines) is 1. The van der Waals surface area contributed by atoms with Crippen LogP contribution in [0.4, 0.5) is 11.6 Å². The Morgan fingerprint density at radius 1 is 1.10 bits per heavy atom. The van der Waals surface area contributed by atoms with Crippen LogP contribution in [0.1, 0.15) is 61.9 Å². The van der Waals surface area contributed by atoms with Gasteiger partial charge < -0.3 is 27.4 Å². The molecule has 1 aliphatic rings. The first-order valence-corrected chi connectivity index (χ1v) is 11.4. The lowest BCUT2D eigenvalue weighted by molar-refractivity contribution is 0.0971. The van der Waals surface area contributed by atoms with E-state index in [0.717, 1.165) is 38.3 Å². The maximum atomic E-state index is 12.2. The third-order valence-electron chi connectivity index (χ3n) is 5.58. The van der Waals surface area contributed by atoms with Crippen molar-refractivity contribution in [2.75, 3.05) is 44.2 Å². The van der Waals surface area contributed by atoms with Gasteiger partial charge >= 0.3 is 0 Å². The summed E-state index contributed by atoms with van der Waals surface area (Å²) in [6.45, 7) is 4.82. The van der Waals surface area contributed by atoms with E-state index < -0.39 is 5.91 Å². The number of amides is 1. The fourth-order valence-electron chi connectivity index (χ4n) is 3.75. The molecule has 0 aliphatic carbocycles. The van der Waals surface area contributed by atoms with E-state index in [1.165, 1.54) is 45.2 Å². The fourth-order valence-corrected chi connectivity index (χ4v) is 3.88. The number of aromatic nitrogens is 2. The molecule has 0 atom stereocenters. The minimum absolute atomic E-state index is 0.0457. The molecule has 31 heavy (non-hydrogen) atoms. The van der Waals surface area contributed by atoms with E-state index in [2.05, 4.69) is 25.5 Å². The topological polar surface area (TPSA) is 172 Å². The van der Waals surface area contributed by atoms with Gasteiger partial charge in [-0.3, -0.25) is 15.5 Å². The second-order valence-electron chi connectivity index (χ2n) is 8.02. The minimum Gasteiger partial charge on any atom is -0.382 e. The van der Waals surface area contributed by atoms with E-state index in [1.807, 2.05) is 0 Å². The maximum absolute atomic E-state index is 12.2. The molecule has 0 bridgehead atoms. The number of nitrogen functional groups attached to an aromatic ring is 2. The molecule has 0 spiro atoms. The van der Waals surface area contributed by atoms with Crippen LogP contribution in [-0.4, -0.2) is 59.5 Å². The lowest BCUT2D eigenvalue weighted by atomic mass is 9.91. The monoisotopic (exact) mass is 453 g/mol. The number of nitrogens with zero attached hydrogens (tertiary/aromatic N) is 3. The molecule has 1 fully saturated rings. The van der Waals surface area contributed by atoms with Gasteiger partial charge in [-0.1, -0.05) is 30.9 Å². The van der Waals surface area contributed by atoms with Crippen LogP contribution >= 0.6 is 11.6 Å². The number of piperidine rings is 1. The van der Waals surface area contributed by atoms with Crippen molar-refractivity contribution in [3.05, 3.63) is 10.8 Å². The van der Waals surface area contributed by atoms with E-state index in [9.17, 15) is 4.79 Å². The zero-order valence-corrected chi connectivity index (χ0v) is 18.9. The van der Waals surface area contributed by atoms with Crippen LogP contribution < -0.4 is 27.8 Å². The summed E-state index contributed by atoms with van der Waals surface area (Å²) >= 11 is 5.78. The Morgan fingerprint density at radius 2 is 1.84 bits per heavy atom. The summed E-state index contributed by atoms with van der Waals surface area (Å²) in [6.07, 6.45) is 9.58. The molecule has 1 aromatic rings. The first-order valence-electron chi connectivity index (χ1n) is 11.1. The van der Waals surface area contributed by atoms with Gasteiger partial charge in [-0.05, 0) is 64.2 Å². The van der Waals surface area contributed by atoms with Crippen molar-refractivity contribution < 1.29 is 4.79 Å². The molecule has 1 saturated heterocycles. The summed E-state index contributed by atoms with van der Waals surface area (Å²) in [5.41, 5.74) is 16.5. The normalized spacial score (nSPS) is 15.0. The molecule has 2 rings (SSSR count). The fraction of sp³-hybridized carbons (Fsp3) is 0.700. The molecule has 0 aromatic carbocycles. The minimum atomic E-state index is -0.657. The van der Waals surface area contributed by atoms with Crippen molar-refractivity contribution in [1.29, 1.82) is 5.41 Å². The van der Waals surface area contributed by atoms with Crippen LogP contribution in [-0.2, 0) is 0 Å². The summed E-state index contributed by atoms with van der Waals surface area (Å²) in [5.74, 6) is -0.0819. The van der Waals surface area contributed by atoms with Crippen molar-refractivity contribution >= 4 is 35.1 Å². The number of nitrogens with one attached hydrogen (secondary N) is 3. The highest BCUT2D eigenvalue weighted by molar-refractivity contribution is 6.31. The SMILES string of the molecule is N=C(NCCCCN1CCC(CCCCCN)CC1)NC(=O)c1nc(Cl)c(N)nc1N. The van der Waals surface area contributed by atoms with E-state index in [1.54, 1.807) is 0 Å². The van der Waals surface area contributed by atoms with E-state index in [-0.39, 0.29) is 28.4 Å². The Balaban J connectivity index is 1.55. The Kier molecular flexibility index (Phi) is 10.8. The third kappa shape index (κ3) is 8.84. The Labute approximate surface area is 189 Å². The molecule has 0 unspecified atom stereocenters. The quantitative estimate of drug-likeness (QED) is 0.166. The Bertz CT molecular complexity index is 723. The first-order chi connectivity index (χ1) is 14.9. The van der Waals surface area contributed by atoms with Crippen LogP contribution in [0.3, 0.4) is 0 Å². The number of carbonyl (C=O) groups excluding carboxylic acids is 1. The molecule has 10 nitrogen and oxygen atoms in total. The maximum Gasteiger partial charge on any atom is 0.280 e. The highest BCUT2D eigenvalue weighted by atomic mass is 35.5. The van der Waals surface area contributed by atoms with Crippen LogP contribution in [0.15, 0.2) is 0 Å². The molecule has 1 aromatic heterocycles. The predicted octanol–water partition coefficient (Wildman–Crippen LogP) is 1.56. The number of nitrogens with two attached hydrogens (primary N) is 3. The van der Waals surface area contributed by atoms with Gasteiger partial charge in [0.05, 0.1) is 0 Å². The number of guanidine groups is 1. The molecular formula is C20H36ClN9O. The van der Waals surface area contributed by atoms with Crippen molar-refractivity contribution in [3.63, 3.8) is 0 Å². The molecule has 174 valence electrons. The molecule has 0 saturated carbocycles. The summed E-state index contributed by atoms with van der Waals surface area (Å²) < 4.78 is 0. The molecule has 2 heterocycles. The average molecular weight is 454 g/mol. The van der Waals surface area contributed by atoms with Gasteiger partial charge in [0, 0.05) is 6.54 Å². The summed E-state index contributed by atoms with van der Waals surface area (Å²) in [7, 11) is 0. The second-order valence-corrected chi connectivity index (χ2v) is 8.38. The second kappa shape index (κ2) is 13.3. The number of hydrogen-bond acceptors (Lipinski definition) is 8. The number of unbranched alkanes of at least 4 members (excludes halogenated alkanes) is 3. The van der Waals surface area contributed by atoms with Crippen molar-refractivity contribution in [2.45, 2.75) is 51.4 Å². The van der Waals surface area contributed by atoms with Gasteiger partial charge in [0.25, 0.3) is 5.91 Å². The third-order valence-corrected chi connectivity index (χ3v) is 5.86. The van der Waals surface area contributed by atoms with E-state index in [4.69, 9.17) is 34.2 Å². The highest BCUT2D eigenvalue weighted by Gasteiger charge is 2.19. The zero-order chi connectivity index (χ0) is 22.6. The van der Waals surface area contributed by atoms with Crippen molar-refractivity contribution in [3.8, 4) is 0 Å². The summed E-state index contributed by atoms with van der Waals surface area (Å²) in [4.78, 5) is 22.3. The van der Waals surface area contributed by atoms with Crippen LogP contribution in [0, 0.1) is 11.3 Å². The van der Waals surface area contributed by atoms with Crippen molar-refractivity contribution in [1.82, 2.24) is 25.5 Å². The average Bonchev–Trinajstić information content (AvgIpc) is 2.74. The number of carbonyl (C=O) groups is 1.